The van der Waals surface area contributed by atoms with Crippen LogP contribution in [0.2, 0.25) is 10.0 Å². The van der Waals surface area contributed by atoms with Crippen molar-refractivity contribution in [3.63, 3.8) is 0 Å². The summed E-state index contributed by atoms with van der Waals surface area (Å²) in [6.45, 7) is -0.103. The Morgan fingerprint density at radius 1 is 1.32 bits per heavy atom. The molecule has 0 aliphatic heterocycles. The molecule has 0 saturated heterocycles. The first kappa shape index (κ1) is 18.5. The number of nitrogens with zero attached hydrogens (tertiary/aromatic N) is 3. The Balaban J connectivity index is 2.17. The van der Waals surface area contributed by atoms with Crippen LogP contribution in [0, 0.1) is 21.4 Å². The van der Waals surface area contributed by atoms with Crippen LogP contribution in [0.3, 0.4) is 0 Å². The quantitative estimate of drug-likeness (QED) is 0.628. The van der Waals surface area contributed by atoms with Gasteiger partial charge in [0.15, 0.2) is 0 Å². The molecule has 1 amide bonds. The van der Waals surface area contributed by atoms with E-state index in [4.69, 9.17) is 23.2 Å². The van der Waals surface area contributed by atoms with Crippen molar-refractivity contribution in [1.29, 1.82) is 5.26 Å². The van der Waals surface area contributed by atoms with E-state index < -0.39 is 10.8 Å². The molecule has 1 N–H and O–H groups in total. The minimum Gasteiger partial charge on any atom is -0.364 e. The number of para-hydroxylation sites is 1. The highest BCUT2D eigenvalue weighted by atomic mass is 35.5. The number of carbonyl (C=O) groups is 1. The summed E-state index contributed by atoms with van der Waals surface area (Å²) < 4.78 is 0. The number of nitro benzene ring substituents is 1. The van der Waals surface area contributed by atoms with E-state index in [-0.39, 0.29) is 17.8 Å². The average Bonchev–Trinajstić information content (AvgIpc) is 2.57. The number of carbonyl (C=O) groups excluding carboxylic acids is 1. The summed E-state index contributed by atoms with van der Waals surface area (Å²) in [7, 11) is 1.59. The van der Waals surface area contributed by atoms with Gasteiger partial charge >= 0.3 is 0 Å². The van der Waals surface area contributed by atoms with Crippen LogP contribution >= 0.6 is 23.2 Å². The Kier molecular flexibility index (Phi) is 5.80. The Morgan fingerprint density at radius 2 is 1.96 bits per heavy atom. The van der Waals surface area contributed by atoms with Crippen LogP contribution in [0.4, 0.5) is 17.1 Å². The molecule has 7 nitrogen and oxygen atoms in total. The third-order valence-electron chi connectivity index (χ3n) is 3.33. The van der Waals surface area contributed by atoms with Gasteiger partial charge in [-0.15, -0.1) is 0 Å². The van der Waals surface area contributed by atoms with Crippen LogP contribution in [0.1, 0.15) is 5.56 Å². The molecule has 2 rings (SSSR count). The molecule has 0 spiro atoms. The third kappa shape index (κ3) is 4.38. The van der Waals surface area contributed by atoms with Gasteiger partial charge in [0, 0.05) is 19.2 Å². The van der Waals surface area contributed by atoms with Crippen molar-refractivity contribution in [2.24, 2.45) is 0 Å². The highest BCUT2D eigenvalue weighted by Crippen LogP contribution is 2.30. The van der Waals surface area contributed by atoms with Gasteiger partial charge < -0.3 is 10.2 Å². The van der Waals surface area contributed by atoms with E-state index in [0.717, 1.165) is 6.07 Å². The zero-order valence-electron chi connectivity index (χ0n) is 13.0. The van der Waals surface area contributed by atoms with Crippen LogP contribution in [0.5, 0.6) is 0 Å². The number of benzene rings is 2. The molecule has 25 heavy (non-hydrogen) atoms. The first-order chi connectivity index (χ1) is 11.8. The lowest BCUT2D eigenvalue weighted by Crippen LogP contribution is -2.30. The number of amides is 1. The molecule has 0 aromatic heterocycles. The van der Waals surface area contributed by atoms with Gasteiger partial charge in [0.1, 0.15) is 6.07 Å². The summed E-state index contributed by atoms with van der Waals surface area (Å²) >= 11 is 12.0. The molecule has 0 saturated carbocycles. The zero-order chi connectivity index (χ0) is 18.6. The highest BCUT2D eigenvalue weighted by molar-refractivity contribution is 6.39. The van der Waals surface area contributed by atoms with E-state index in [1.54, 1.807) is 25.2 Å². The lowest BCUT2D eigenvalue weighted by molar-refractivity contribution is -0.384. The maximum Gasteiger partial charge on any atom is 0.270 e. The molecule has 0 heterocycles. The number of halogens is 2. The van der Waals surface area contributed by atoms with Gasteiger partial charge in [0.2, 0.25) is 5.91 Å². The van der Waals surface area contributed by atoms with Crippen LogP contribution in [-0.2, 0) is 4.79 Å². The number of hydrogen-bond acceptors (Lipinski definition) is 5. The molecule has 0 bridgehead atoms. The second-order valence-corrected chi connectivity index (χ2v) is 5.89. The number of nitrogens with one attached hydrogen (secondary N) is 1. The van der Waals surface area contributed by atoms with Crippen molar-refractivity contribution in [3.05, 3.63) is 62.1 Å². The maximum absolute atomic E-state index is 12.2. The summed E-state index contributed by atoms with van der Waals surface area (Å²) in [5.74, 6) is -0.403. The van der Waals surface area contributed by atoms with Crippen LogP contribution in [0.25, 0.3) is 0 Å². The summed E-state index contributed by atoms with van der Waals surface area (Å²) in [5, 5.41) is 23.2. The predicted octanol–water partition coefficient (Wildman–Crippen LogP) is 3.85. The zero-order valence-corrected chi connectivity index (χ0v) is 14.5. The molecular formula is C16H12Cl2N4O3. The highest BCUT2D eigenvalue weighted by Gasteiger charge is 2.16. The first-order valence-corrected chi connectivity index (χ1v) is 7.72. The van der Waals surface area contributed by atoms with Crippen molar-refractivity contribution in [1.82, 2.24) is 0 Å². The Bertz CT molecular complexity index is 860. The van der Waals surface area contributed by atoms with E-state index in [1.807, 2.05) is 6.07 Å². The predicted molar refractivity (Wildman–Crippen MR) is 96.2 cm³/mol. The molecule has 0 fully saturated rings. The van der Waals surface area contributed by atoms with Gasteiger partial charge in [-0.3, -0.25) is 14.9 Å². The standard InChI is InChI=1S/C16H12Cl2N4O3/c1-21(14-6-5-11(22(24)25)7-10(14)8-19)9-15(23)20-16-12(17)3-2-4-13(16)18/h2-7H,9H2,1H3,(H,20,23). The molecule has 2 aromatic rings. The Morgan fingerprint density at radius 3 is 2.52 bits per heavy atom. The number of nitriles is 1. The van der Waals surface area contributed by atoms with E-state index in [0.29, 0.717) is 21.4 Å². The number of anilines is 2. The molecule has 0 unspecified atom stereocenters. The topological polar surface area (TPSA) is 99.3 Å². The SMILES string of the molecule is CN(CC(=O)Nc1c(Cl)cccc1Cl)c1ccc([N+](=O)[O-])cc1C#N. The summed E-state index contributed by atoms with van der Waals surface area (Å²) in [5.41, 5.74) is 0.600. The molecular weight excluding hydrogens is 367 g/mol. The minimum absolute atomic E-state index is 0.0975. The van der Waals surface area contributed by atoms with E-state index in [1.165, 1.54) is 17.0 Å². The molecule has 0 atom stereocenters. The first-order valence-electron chi connectivity index (χ1n) is 6.97. The van der Waals surface area contributed by atoms with E-state index in [2.05, 4.69) is 5.32 Å². The van der Waals surface area contributed by atoms with E-state index in [9.17, 15) is 20.2 Å². The Labute approximate surface area is 153 Å². The average molecular weight is 379 g/mol. The maximum atomic E-state index is 12.2. The largest absolute Gasteiger partial charge is 0.364 e. The third-order valence-corrected chi connectivity index (χ3v) is 3.96. The normalized spacial score (nSPS) is 10.0. The van der Waals surface area contributed by atoms with Crippen LogP contribution in [-0.4, -0.2) is 24.4 Å². The number of likely N-dealkylation sites (N-methyl/N-ethyl adjacent to an activating group) is 1. The Hall–Kier alpha value is -2.82. The fourth-order valence-electron chi connectivity index (χ4n) is 2.16. The fraction of sp³-hybridized carbons (Fsp3) is 0.125. The molecule has 128 valence electrons. The van der Waals surface area contributed by atoms with Gasteiger partial charge in [-0.1, -0.05) is 29.3 Å². The minimum atomic E-state index is -0.587. The summed E-state index contributed by atoms with van der Waals surface area (Å²) in [6.07, 6.45) is 0. The lowest BCUT2D eigenvalue weighted by Gasteiger charge is -2.20. The molecule has 2 aromatic carbocycles. The van der Waals surface area contributed by atoms with Crippen molar-refractivity contribution in [2.45, 2.75) is 0 Å². The second kappa shape index (κ2) is 7.83. The van der Waals surface area contributed by atoms with Gasteiger partial charge in [0.25, 0.3) is 5.69 Å². The number of rotatable bonds is 5. The summed E-state index contributed by atoms with van der Waals surface area (Å²) in [4.78, 5) is 23.9. The van der Waals surface area contributed by atoms with Crippen LogP contribution < -0.4 is 10.2 Å². The van der Waals surface area contributed by atoms with Gasteiger partial charge in [0.05, 0.1) is 38.5 Å². The fourth-order valence-corrected chi connectivity index (χ4v) is 2.65. The van der Waals surface area contributed by atoms with Crippen molar-refractivity contribution < 1.29 is 9.72 Å². The second-order valence-electron chi connectivity index (χ2n) is 5.07. The van der Waals surface area contributed by atoms with Crippen LogP contribution in [0.15, 0.2) is 36.4 Å². The van der Waals surface area contributed by atoms with Gasteiger partial charge in [-0.05, 0) is 18.2 Å². The number of hydrogen-bond donors (Lipinski definition) is 1. The monoisotopic (exact) mass is 378 g/mol. The van der Waals surface area contributed by atoms with E-state index >= 15 is 0 Å². The van der Waals surface area contributed by atoms with Gasteiger partial charge in [-0.25, -0.2) is 0 Å². The lowest BCUT2D eigenvalue weighted by atomic mass is 10.1. The number of non-ortho nitro benzene ring substituents is 1. The van der Waals surface area contributed by atoms with Crippen molar-refractivity contribution >= 4 is 46.2 Å². The molecule has 0 aliphatic carbocycles. The summed E-state index contributed by atoms with van der Waals surface area (Å²) in [6, 6.07) is 10.6. The number of nitro groups is 1. The molecule has 0 radical (unpaired) electrons. The molecule has 0 aliphatic rings. The smallest absolute Gasteiger partial charge is 0.270 e. The van der Waals surface area contributed by atoms with Gasteiger partial charge in [-0.2, -0.15) is 5.26 Å². The molecule has 9 heteroatoms. The van der Waals surface area contributed by atoms with Crippen molar-refractivity contribution in [2.75, 3.05) is 23.8 Å². The van der Waals surface area contributed by atoms with Crippen molar-refractivity contribution in [3.8, 4) is 6.07 Å².